The molecular formula is C16H20FNO2. The summed E-state index contributed by atoms with van der Waals surface area (Å²) in [5.74, 6) is -0.121. The van der Waals surface area contributed by atoms with Gasteiger partial charge < -0.3 is 10.0 Å². The minimum Gasteiger partial charge on any atom is -0.390 e. The van der Waals surface area contributed by atoms with Crippen molar-refractivity contribution in [3.63, 3.8) is 0 Å². The van der Waals surface area contributed by atoms with E-state index in [0.29, 0.717) is 19.3 Å². The Morgan fingerprint density at radius 2 is 2.00 bits per heavy atom. The third kappa shape index (κ3) is 2.44. The number of aliphatic hydroxyl groups is 1. The van der Waals surface area contributed by atoms with E-state index in [0.717, 1.165) is 18.4 Å². The fourth-order valence-corrected chi connectivity index (χ4v) is 3.66. The van der Waals surface area contributed by atoms with Crippen LogP contribution in [-0.2, 0) is 4.79 Å². The van der Waals surface area contributed by atoms with Gasteiger partial charge in [-0.1, -0.05) is 12.1 Å². The predicted molar refractivity (Wildman–Crippen MR) is 73.5 cm³/mol. The van der Waals surface area contributed by atoms with E-state index in [-0.39, 0.29) is 23.8 Å². The molecule has 108 valence electrons. The van der Waals surface area contributed by atoms with Crippen LogP contribution in [0.25, 0.3) is 0 Å². The standard InChI is InChI=1S/C16H20FNO2/c1-16(20)9-13-3-2-4-15(19)18(13)14(10-16)11-5-7-12(17)8-6-11/h5-8,13-14,20H,2-4,9-10H2,1H3/t13-,14-,16-/m0/s1. The summed E-state index contributed by atoms with van der Waals surface area (Å²) in [6.07, 6.45) is 3.57. The molecule has 0 spiro atoms. The summed E-state index contributed by atoms with van der Waals surface area (Å²) in [4.78, 5) is 14.2. The van der Waals surface area contributed by atoms with Gasteiger partial charge in [-0.15, -0.1) is 0 Å². The van der Waals surface area contributed by atoms with Gasteiger partial charge in [-0.3, -0.25) is 4.79 Å². The average molecular weight is 277 g/mol. The average Bonchev–Trinajstić information content (AvgIpc) is 2.37. The number of hydrogen-bond acceptors (Lipinski definition) is 2. The maximum Gasteiger partial charge on any atom is 0.223 e. The Bertz CT molecular complexity index is 512. The number of rotatable bonds is 1. The lowest BCUT2D eigenvalue weighted by molar-refractivity contribution is -0.150. The van der Waals surface area contributed by atoms with Crippen LogP contribution in [-0.4, -0.2) is 27.6 Å². The van der Waals surface area contributed by atoms with Gasteiger partial charge in [0.05, 0.1) is 11.6 Å². The molecule has 20 heavy (non-hydrogen) atoms. The number of amides is 1. The molecular weight excluding hydrogens is 257 g/mol. The second kappa shape index (κ2) is 4.85. The zero-order valence-electron chi connectivity index (χ0n) is 11.7. The van der Waals surface area contributed by atoms with Gasteiger partial charge in [-0.25, -0.2) is 4.39 Å². The number of carbonyl (C=O) groups excluding carboxylic acids is 1. The van der Waals surface area contributed by atoms with Gasteiger partial charge in [0, 0.05) is 18.9 Å². The van der Waals surface area contributed by atoms with Crippen molar-refractivity contribution in [2.24, 2.45) is 0 Å². The molecule has 1 amide bonds. The van der Waals surface area contributed by atoms with Crippen LogP contribution in [0.5, 0.6) is 0 Å². The van der Waals surface area contributed by atoms with Crippen molar-refractivity contribution in [2.75, 3.05) is 0 Å². The molecule has 0 radical (unpaired) electrons. The van der Waals surface area contributed by atoms with Gasteiger partial charge in [0.15, 0.2) is 0 Å². The van der Waals surface area contributed by atoms with Crippen molar-refractivity contribution in [3.8, 4) is 0 Å². The number of fused-ring (bicyclic) bond motifs is 1. The Balaban J connectivity index is 1.96. The summed E-state index contributed by atoms with van der Waals surface area (Å²) in [6.45, 7) is 1.83. The van der Waals surface area contributed by atoms with Crippen LogP contribution in [0.1, 0.15) is 50.6 Å². The number of benzene rings is 1. The van der Waals surface area contributed by atoms with Crippen molar-refractivity contribution < 1.29 is 14.3 Å². The predicted octanol–water partition coefficient (Wildman–Crippen LogP) is 2.79. The normalized spacial score (nSPS) is 34.0. The van der Waals surface area contributed by atoms with Gasteiger partial charge in [-0.2, -0.15) is 0 Å². The SMILES string of the molecule is C[C@]1(O)C[C@@H]2CCCC(=O)N2[C@H](c2ccc(F)cc2)C1. The number of halogens is 1. The molecule has 2 heterocycles. The molecule has 1 aromatic rings. The van der Waals surface area contributed by atoms with Crippen molar-refractivity contribution in [2.45, 2.75) is 56.7 Å². The Labute approximate surface area is 118 Å². The van der Waals surface area contributed by atoms with Crippen LogP contribution in [0.4, 0.5) is 4.39 Å². The Kier molecular flexibility index (Phi) is 3.28. The highest BCUT2D eigenvalue weighted by Crippen LogP contribution is 2.43. The molecule has 3 rings (SSSR count). The summed E-state index contributed by atoms with van der Waals surface area (Å²) in [6, 6.07) is 6.25. The van der Waals surface area contributed by atoms with Crippen LogP contribution < -0.4 is 0 Å². The first kappa shape index (κ1) is 13.6. The van der Waals surface area contributed by atoms with Gasteiger partial charge >= 0.3 is 0 Å². The lowest BCUT2D eigenvalue weighted by atomic mass is 9.77. The Morgan fingerprint density at radius 1 is 1.30 bits per heavy atom. The highest BCUT2D eigenvalue weighted by molar-refractivity contribution is 5.78. The lowest BCUT2D eigenvalue weighted by Crippen LogP contribution is -2.54. The van der Waals surface area contributed by atoms with Gasteiger partial charge in [0.2, 0.25) is 5.91 Å². The molecule has 0 unspecified atom stereocenters. The smallest absolute Gasteiger partial charge is 0.223 e. The number of piperidine rings is 2. The van der Waals surface area contributed by atoms with E-state index in [2.05, 4.69) is 0 Å². The topological polar surface area (TPSA) is 40.5 Å². The van der Waals surface area contributed by atoms with E-state index in [1.807, 2.05) is 11.8 Å². The largest absolute Gasteiger partial charge is 0.390 e. The fourth-order valence-electron chi connectivity index (χ4n) is 3.66. The highest BCUT2D eigenvalue weighted by Gasteiger charge is 2.44. The molecule has 0 aromatic heterocycles. The monoisotopic (exact) mass is 277 g/mol. The van der Waals surface area contributed by atoms with Crippen molar-refractivity contribution >= 4 is 5.91 Å². The first-order valence-electron chi connectivity index (χ1n) is 7.25. The molecule has 3 atom stereocenters. The summed E-state index contributed by atoms with van der Waals surface area (Å²) < 4.78 is 13.1. The summed E-state index contributed by atoms with van der Waals surface area (Å²) in [5, 5.41) is 10.5. The van der Waals surface area contributed by atoms with Crippen LogP contribution in [0, 0.1) is 5.82 Å². The first-order valence-corrected chi connectivity index (χ1v) is 7.25. The molecule has 0 bridgehead atoms. The minimum atomic E-state index is -0.766. The fraction of sp³-hybridized carbons (Fsp3) is 0.562. The van der Waals surface area contributed by atoms with Crippen molar-refractivity contribution in [1.29, 1.82) is 0 Å². The van der Waals surface area contributed by atoms with Crippen LogP contribution in [0.15, 0.2) is 24.3 Å². The van der Waals surface area contributed by atoms with E-state index in [9.17, 15) is 14.3 Å². The molecule has 2 aliphatic rings. The number of hydrogen-bond donors (Lipinski definition) is 1. The maximum absolute atomic E-state index is 13.1. The zero-order chi connectivity index (χ0) is 14.3. The Morgan fingerprint density at radius 3 is 2.70 bits per heavy atom. The lowest BCUT2D eigenvalue weighted by Gasteiger charge is -2.50. The van der Waals surface area contributed by atoms with E-state index < -0.39 is 5.60 Å². The molecule has 3 nitrogen and oxygen atoms in total. The molecule has 2 saturated heterocycles. The minimum absolute atomic E-state index is 0.107. The molecule has 0 aliphatic carbocycles. The second-order valence-electron chi connectivity index (χ2n) is 6.32. The van der Waals surface area contributed by atoms with Crippen LogP contribution in [0.2, 0.25) is 0 Å². The molecule has 0 saturated carbocycles. The Hall–Kier alpha value is -1.42. The molecule has 1 N–H and O–H groups in total. The zero-order valence-corrected chi connectivity index (χ0v) is 11.7. The first-order chi connectivity index (χ1) is 9.46. The van der Waals surface area contributed by atoms with E-state index in [1.54, 1.807) is 12.1 Å². The summed E-state index contributed by atoms with van der Waals surface area (Å²) >= 11 is 0. The third-order valence-corrected chi connectivity index (χ3v) is 4.51. The molecule has 1 aromatic carbocycles. The molecule has 2 aliphatic heterocycles. The molecule has 4 heteroatoms. The number of nitrogens with zero attached hydrogens (tertiary/aromatic N) is 1. The number of carbonyl (C=O) groups is 1. The molecule has 2 fully saturated rings. The van der Waals surface area contributed by atoms with Gasteiger partial charge in [-0.05, 0) is 43.9 Å². The quantitative estimate of drug-likeness (QED) is 0.857. The van der Waals surface area contributed by atoms with Crippen molar-refractivity contribution in [3.05, 3.63) is 35.6 Å². The van der Waals surface area contributed by atoms with Crippen LogP contribution >= 0.6 is 0 Å². The van der Waals surface area contributed by atoms with Crippen molar-refractivity contribution in [1.82, 2.24) is 4.90 Å². The maximum atomic E-state index is 13.1. The van der Waals surface area contributed by atoms with Gasteiger partial charge in [0.25, 0.3) is 0 Å². The highest BCUT2D eigenvalue weighted by atomic mass is 19.1. The third-order valence-electron chi connectivity index (χ3n) is 4.51. The van der Waals surface area contributed by atoms with E-state index >= 15 is 0 Å². The second-order valence-corrected chi connectivity index (χ2v) is 6.32. The van der Waals surface area contributed by atoms with E-state index in [4.69, 9.17) is 0 Å². The van der Waals surface area contributed by atoms with Crippen LogP contribution in [0.3, 0.4) is 0 Å². The summed E-state index contributed by atoms with van der Waals surface area (Å²) in [5.41, 5.74) is 0.143. The van der Waals surface area contributed by atoms with Gasteiger partial charge in [0.1, 0.15) is 5.82 Å². The summed E-state index contributed by atoms with van der Waals surface area (Å²) in [7, 11) is 0. The van der Waals surface area contributed by atoms with E-state index in [1.165, 1.54) is 12.1 Å².